The van der Waals surface area contributed by atoms with Gasteiger partial charge in [0.15, 0.2) is 5.78 Å². The number of allylic oxidation sites excluding steroid dienone is 2. The molecule has 5 nitrogen and oxygen atoms in total. The van der Waals surface area contributed by atoms with E-state index >= 15 is 0 Å². The van der Waals surface area contributed by atoms with Gasteiger partial charge in [-0.25, -0.2) is 0 Å². The summed E-state index contributed by atoms with van der Waals surface area (Å²) in [6.07, 6.45) is 6.06. The Morgan fingerprint density at radius 3 is 1.50 bits per heavy atom. The molecule has 0 aromatic heterocycles. The van der Waals surface area contributed by atoms with Crippen LogP contribution in [0.15, 0.2) is 23.3 Å². The second-order valence-corrected chi connectivity index (χ2v) is 6.11. The Labute approximate surface area is 156 Å². The molecule has 3 aliphatic rings. The van der Waals surface area contributed by atoms with Crippen LogP contribution in [0.1, 0.15) is 12.8 Å². The fraction of sp³-hybridized carbons (Fsp3) is 0.706. The lowest BCUT2D eigenvalue weighted by Crippen LogP contribution is -2.36. The molecule has 138 valence electrons. The first-order valence-electron chi connectivity index (χ1n) is 8.36. The molecular formula is C17H28Cl2N2O3. The molecule has 0 atom stereocenters. The molecule has 3 fully saturated rings. The van der Waals surface area contributed by atoms with Crippen LogP contribution in [0.4, 0.5) is 0 Å². The smallest absolute Gasteiger partial charge is 0.184 e. The molecule has 3 rings (SSSR count). The normalized spacial score (nSPS) is 26.4. The van der Waals surface area contributed by atoms with Gasteiger partial charge in [0, 0.05) is 39.3 Å². The third kappa shape index (κ3) is 6.14. The van der Waals surface area contributed by atoms with Crippen LogP contribution in [0.3, 0.4) is 0 Å². The molecule has 0 aromatic rings. The Morgan fingerprint density at radius 1 is 0.750 bits per heavy atom. The van der Waals surface area contributed by atoms with Crippen LogP contribution >= 0.6 is 24.8 Å². The number of carbonyl (C=O) groups is 1. The maximum Gasteiger partial charge on any atom is 0.184 e. The molecule has 0 amide bonds. The number of rotatable bonds is 4. The Morgan fingerprint density at radius 2 is 1.12 bits per heavy atom. The Hall–Kier alpha value is -0.430. The summed E-state index contributed by atoms with van der Waals surface area (Å²) in [5.74, 6) is 0.265. The van der Waals surface area contributed by atoms with E-state index in [-0.39, 0.29) is 30.6 Å². The minimum Gasteiger partial charge on any atom is -0.379 e. The zero-order valence-electron chi connectivity index (χ0n) is 14.1. The Bertz CT molecular complexity index is 417. The molecule has 2 heterocycles. The molecule has 1 saturated carbocycles. The topological polar surface area (TPSA) is 42.0 Å². The van der Waals surface area contributed by atoms with Crippen LogP contribution in [0.5, 0.6) is 0 Å². The van der Waals surface area contributed by atoms with Crippen molar-refractivity contribution >= 4 is 30.6 Å². The maximum atomic E-state index is 12.4. The molecule has 0 spiro atoms. The highest BCUT2D eigenvalue weighted by Gasteiger charge is 2.23. The van der Waals surface area contributed by atoms with Crippen molar-refractivity contribution in [1.29, 1.82) is 0 Å². The number of hydrogen-bond donors (Lipinski definition) is 0. The van der Waals surface area contributed by atoms with Gasteiger partial charge in [0.1, 0.15) is 0 Å². The molecule has 24 heavy (non-hydrogen) atoms. The van der Waals surface area contributed by atoms with E-state index in [1.807, 2.05) is 0 Å². The first kappa shape index (κ1) is 21.6. The van der Waals surface area contributed by atoms with Gasteiger partial charge in [-0.1, -0.05) is 12.2 Å². The number of ketones is 1. The fourth-order valence-corrected chi connectivity index (χ4v) is 3.14. The van der Waals surface area contributed by atoms with Crippen LogP contribution < -0.4 is 0 Å². The van der Waals surface area contributed by atoms with Crippen molar-refractivity contribution in [2.24, 2.45) is 0 Å². The molecule has 0 radical (unpaired) electrons. The monoisotopic (exact) mass is 378 g/mol. The predicted molar refractivity (Wildman–Crippen MR) is 99.4 cm³/mol. The average molecular weight is 379 g/mol. The van der Waals surface area contributed by atoms with Gasteiger partial charge >= 0.3 is 0 Å². The van der Waals surface area contributed by atoms with Gasteiger partial charge in [-0.15, -0.1) is 24.8 Å². The van der Waals surface area contributed by atoms with E-state index in [0.29, 0.717) is 0 Å². The summed E-state index contributed by atoms with van der Waals surface area (Å²) in [6.45, 7) is 8.86. The number of halogens is 2. The minimum atomic E-state index is 0. The van der Waals surface area contributed by atoms with E-state index in [2.05, 4.69) is 22.0 Å². The number of hydrogen-bond acceptors (Lipinski definition) is 5. The van der Waals surface area contributed by atoms with Crippen LogP contribution in [0.2, 0.25) is 0 Å². The zero-order chi connectivity index (χ0) is 15.2. The highest BCUT2D eigenvalue weighted by Crippen LogP contribution is 2.26. The van der Waals surface area contributed by atoms with E-state index in [1.165, 1.54) is 0 Å². The highest BCUT2D eigenvalue weighted by molar-refractivity contribution is 6.10. The van der Waals surface area contributed by atoms with Gasteiger partial charge < -0.3 is 9.47 Å². The molecule has 1 aliphatic carbocycles. The third-order valence-electron chi connectivity index (χ3n) is 4.65. The van der Waals surface area contributed by atoms with Crippen LogP contribution in [-0.4, -0.2) is 81.3 Å². The maximum absolute atomic E-state index is 12.4. The molecular weight excluding hydrogens is 351 g/mol. The number of Topliss-reactive ketones (excluding diaryl/α,β-unsaturated/α-hetero) is 1. The third-order valence-corrected chi connectivity index (χ3v) is 4.65. The van der Waals surface area contributed by atoms with Crippen molar-refractivity contribution in [2.75, 3.05) is 65.7 Å². The molecule has 0 unspecified atom stereocenters. The SMILES string of the molecule is Cl.Cl.O=C1C(=CCN2CCOCC2)CCC1=CCN1CCOCC1. The lowest BCUT2D eigenvalue weighted by atomic mass is 10.1. The Kier molecular flexibility index (Phi) is 10.1. The van der Waals surface area contributed by atoms with Crippen molar-refractivity contribution in [3.8, 4) is 0 Å². The highest BCUT2D eigenvalue weighted by atomic mass is 35.5. The number of carbonyl (C=O) groups excluding carboxylic acids is 1. The van der Waals surface area contributed by atoms with Crippen LogP contribution in [0, 0.1) is 0 Å². The fourth-order valence-electron chi connectivity index (χ4n) is 3.14. The number of ether oxygens (including phenoxy) is 2. The second-order valence-electron chi connectivity index (χ2n) is 6.11. The van der Waals surface area contributed by atoms with E-state index in [0.717, 1.165) is 89.7 Å². The number of morpholine rings is 2. The van der Waals surface area contributed by atoms with Crippen LogP contribution in [0.25, 0.3) is 0 Å². The summed E-state index contributed by atoms with van der Waals surface area (Å²) in [5, 5.41) is 0. The van der Waals surface area contributed by atoms with E-state index < -0.39 is 0 Å². The lowest BCUT2D eigenvalue weighted by molar-refractivity contribution is -0.111. The van der Waals surface area contributed by atoms with E-state index in [9.17, 15) is 4.79 Å². The lowest BCUT2D eigenvalue weighted by Gasteiger charge is -2.25. The van der Waals surface area contributed by atoms with Gasteiger partial charge in [-0.2, -0.15) is 0 Å². The standard InChI is InChI=1S/C17H26N2O3.2ClH/c20-17-15(3-5-18-7-11-21-12-8-18)1-2-16(17)4-6-19-9-13-22-14-10-19;;/h3-4H,1-2,5-14H2;2*1H. The second kappa shape index (κ2) is 11.2. The molecule has 2 saturated heterocycles. The van der Waals surface area contributed by atoms with Crippen molar-refractivity contribution in [1.82, 2.24) is 9.80 Å². The van der Waals surface area contributed by atoms with Gasteiger partial charge in [0.05, 0.1) is 26.4 Å². The summed E-state index contributed by atoms with van der Waals surface area (Å²) in [7, 11) is 0. The molecule has 7 heteroatoms. The first-order chi connectivity index (χ1) is 10.8. The largest absolute Gasteiger partial charge is 0.379 e. The van der Waals surface area contributed by atoms with E-state index in [1.54, 1.807) is 0 Å². The number of nitrogens with zero attached hydrogens (tertiary/aromatic N) is 2. The summed E-state index contributed by atoms with van der Waals surface area (Å²) >= 11 is 0. The quantitative estimate of drug-likeness (QED) is 0.696. The van der Waals surface area contributed by atoms with Crippen molar-refractivity contribution < 1.29 is 14.3 Å². The summed E-state index contributed by atoms with van der Waals surface area (Å²) in [4.78, 5) is 17.1. The van der Waals surface area contributed by atoms with Gasteiger partial charge in [0.25, 0.3) is 0 Å². The first-order valence-corrected chi connectivity index (χ1v) is 8.36. The average Bonchev–Trinajstić information content (AvgIpc) is 2.93. The van der Waals surface area contributed by atoms with Crippen molar-refractivity contribution in [3.05, 3.63) is 23.3 Å². The zero-order valence-corrected chi connectivity index (χ0v) is 15.7. The molecule has 0 N–H and O–H groups in total. The van der Waals surface area contributed by atoms with Crippen molar-refractivity contribution in [2.45, 2.75) is 12.8 Å². The summed E-state index contributed by atoms with van der Waals surface area (Å²) < 4.78 is 10.7. The van der Waals surface area contributed by atoms with Crippen molar-refractivity contribution in [3.63, 3.8) is 0 Å². The van der Waals surface area contributed by atoms with Gasteiger partial charge in [0.2, 0.25) is 0 Å². The Balaban J connectivity index is 0.00000144. The molecule has 2 aliphatic heterocycles. The van der Waals surface area contributed by atoms with Crippen LogP contribution in [-0.2, 0) is 14.3 Å². The molecule has 0 aromatic carbocycles. The molecule has 0 bridgehead atoms. The van der Waals surface area contributed by atoms with Gasteiger partial charge in [-0.05, 0) is 24.0 Å². The predicted octanol–water partition coefficient (Wildman–Crippen LogP) is 1.71. The summed E-state index contributed by atoms with van der Waals surface area (Å²) in [5.41, 5.74) is 2.00. The minimum absolute atomic E-state index is 0. The summed E-state index contributed by atoms with van der Waals surface area (Å²) in [6, 6.07) is 0. The van der Waals surface area contributed by atoms with Gasteiger partial charge in [-0.3, -0.25) is 14.6 Å². The van der Waals surface area contributed by atoms with E-state index in [4.69, 9.17) is 9.47 Å².